The molecule has 2 rings (SSSR count). The van der Waals surface area contributed by atoms with Crippen molar-refractivity contribution in [1.29, 1.82) is 0 Å². The highest BCUT2D eigenvalue weighted by Gasteiger charge is 2.19. The van der Waals surface area contributed by atoms with Gasteiger partial charge in [-0.05, 0) is 24.3 Å². The number of carbonyl (C=O) groups is 2. The lowest BCUT2D eigenvalue weighted by Gasteiger charge is -2.17. The first-order chi connectivity index (χ1) is 9.38. The van der Waals surface area contributed by atoms with Gasteiger partial charge in [-0.1, -0.05) is 11.6 Å². The van der Waals surface area contributed by atoms with Crippen molar-refractivity contribution in [3.63, 3.8) is 0 Å². The second kappa shape index (κ2) is 5.54. The van der Waals surface area contributed by atoms with Gasteiger partial charge in [0.05, 0.1) is 6.54 Å². The summed E-state index contributed by atoms with van der Waals surface area (Å²) >= 11 is 5.89. The van der Waals surface area contributed by atoms with Crippen LogP contribution in [0.25, 0.3) is 11.0 Å². The molecule has 1 heterocycles. The van der Waals surface area contributed by atoms with E-state index in [1.165, 1.54) is 9.80 Å². The maximum absolute atomic E-state index is 12.2. The molecule has 20 heavy (non-hydrogen) atoms. The number of benzene rings is 1. The summed E-state index contributed by atoms with van der Waals surface area (Å²) in [6.07, 6.45) is 0. The van der Waals surface area contributed by atoms with Gasteiger partial charge in [0.25, 0.3) is 5.91 Å². The summed E-state index contributed by atoms with van der Waals surface area (Å²) in [4.78, 5) is 26.5. The van der Waals surface area contributed by atoms with Crippen LogP contribution in [0.4, 0.5) is 0 Å². The first kappa shape index (κ1) is 14.4. The van der Waals surface area contributed by atoms with E-state index in [1.54, 1.807) is 45.4 Å². The number of fused-ring (bicyclic) bond motifs is 1. The van der Waals surface area contributed by atoms with Crippen LogP contribution in [0, 0.1) is 0 Å². The second-order valence-corrected chi connectivity index (χ2v) is 5.18. The Labute approximate surface area is 121 Å². The van der Waals surface area contributed by atoms with Gasteiger partial charge in [-0.2, -0.15) is 0 Å². The molecule has 0 saturated heterocycles. The molecular weight excluding hydrogens is 280 g/mol. The standard InChI is InChI=1S/C14H15ClN2O3/c1-16(2)13(18)8-17(3)14(19)12-7-9-6-10(15)4-5-11(9)20-12/h4-7H,8H2,1-3H3. The third kappa shape index (κ3) is 2.93. The lowest BCUT2D eigenvalue weighted by molar-refractivity contribution is -0.129. The van der Waals surface area contributed by atoms with Crippen LogP contribution in [0.2, 0.25) is 5.02 Å². The quantitative estimate of drug-likeness (QED) is 0.872. The zero-order valence-corrected chi connectivity index (χ0v) is 12.3. The Kier molecular flexibility index (Phi) is 3.99. The number of rotatable bonds is 3. The van der Waals surface area contributed by atoms with Crippen LogP contribution in [-0.2, 0) is 4.79 Å². The Morgan fingerprint density at radius 1 is 1.20 bits per heavy atom. The molecule has 1 aromatic carbocycles. The molecule has 2 amide bonds. The van der Waals surface area contributed by atoms with Crippen molar-refractivity contribution in [2.24, 2.45) is 0 Å². The number of furan rings is 1. The molecule has 0 spiro atoms. The summed E-state index contributed by atoms with van der Waals surface area (Å²) in [7, 11) is 4.84. The highest BCUT2D eigenvalue weighted by atomic mass is 35.5. The smallest absolute Gasteiger partial charge is 0.289 e. The fraction of sp³-hybridized carbons (Fsp3) is 0.286. The van der Waals surface area contributed by atoms with Gasteiger partial charge in [0.2, 0.25) is 5.91 Å². The molecule has 0 unspecified atom stereocenters. The number of amides is 2. The summed E-state index contributed by atoms with van der Waals surface area (Å²) < 4.78 is 5.47. The zero-order chi connectivity index (χ0) is 14.9. The first-order valence-corrected chi connectivity index (χ1v) is 6.41. The average molecular weight is 295 g/mol. The lowest BCUT2D eigenvalue weighted by Crippen LogP contribution is -2.37. The van der Waals surface area contributed by atoms with Gasteiger partial charge in [-0.15, -0.1) is 0 Å². The van der Waals surface area contributed by atoms with Crippen LogP contribution < -0.4 is 0 Å². The predicted octanol–water partition coefficient (Wildman–Crippen LogP) is 2.25. The van der Waals surface area contributed by atoms with Crippen LogP contribution in [0.15, 0.2) is 28.7 Å². The Bertz CT molecular complexity index is 663. The van der Waals surface area contributed by atoms with E-state index in [2.05, 4.69) is 0 Å². The highest BCUT2D eigenvalue weighted by molar-refractivity contribution is 6.31. The molecule has 106 valence electrons. The monoisotopic (exact) mass is 294 g/mol. The third-order valence-electron chi connectivity index (χ3n) is 2.91. The Balaban J connectivity index is 2.20. The number of halogens is 1. The van der Waals surface area contributed by atoms with E-state index in [1.807, 2.05) is 0 Å². The second-order valence-electron chi connectivity index (χ2n) is 4.74. The topological polar surface area (TPSA) is 53.8 Å². The van der Waals surface area contributed by atoms with Gasteiger partial charge in [-0.25, -0.2) is 0 Å². The molecule has 0 atom stereocenters. The predicted molar refractivity (Wildman–Crippen MR) is 76.9 cm³/mol. The largest absolute Gasteiger partial charge is 0.451 e. The van der Waals surface area contributed by atoms with Crippen molar-refractivity contribution in [3.05, 3.63) is 35.0 Å². The van der Waals surface area contributed by atoms with E-state index >= 15 is 0 Å². The van der Waals surface area contributed by atoms with Gasteiger partial charge >= 0.3 is 0 Å². The molecule has 2 aromatic rings. The minimum atomic E-state index is -0.340. The summed E-state index contributed by atoms with van der Waals surface area (Å²) in [6, 6.07) is 6.75. The number of nitrogens with zero attached hydrogens (tertiary/aromatic N) is 2. The average Bonchev–Trinajstić information content (AvgIpc) is 2.80. The number of hydrogen-bond donors (Lipinski definition) is 0. The summed E-state index contributed by atoms with van der Waals surface area (Å²) in [6.45, 7) is 0.00361. The Morgan fingerprint density at radius 2 is 1.90 bits per heavy atom. The fourth-order valence-electron chi connectivity index (χ4n) is 1.72. The Hall–Kier alpha value is -2.01. The van der Waals surface area contributed by atoms with E-state index in [9.17, 15) is 9.59 Å². The Morgan fingerprint density at radius 3 is 2.55 bits per heavy atom. The van der Waals surface area contributed by atoms with Crippen molar-refractivity contribution >= 4 is 34.4 Å². The molecule has 1 aromatic heterocycles. The molecule has 0 radical (unpaired) electrons. The van der Waals surface area contributed by atoms with Gasteiger partial charge in [0.1, 0.15) is 5.58 Å². The SMILES string of the molecule is CN(C)C(=O)CN(C)C(=O)c1cc2cc(Cl)ccc2o1. The summed E-state index contributed by atoms with van der Waals surface area (Å²) in [5, 5.41) is 1.33. The van der Waals surface area contributed by atoms with E-state index in [-0.39, 0.29) is 24.1 Å². The van der Waals surface area contributed by atoms with E-state index < -0.39 is 0 Å². The van der Waals surface area contributed by atoms with E-state index in [0.29, 0.717) is 10.6 Å². The maximum atomic E-state index is 12.2. The summed E-state index contributed by atoms with van der Waals surface area (Å²) in [5.41, 5.74) is 0.588. The fourth-order valence-corrected chi connectivity index (χ4v) is 1.90. The van der Waals surface area contributed by atoms with E-state index in [4.69, 9.17) is 16.0 Å². The molecular formula is C14H15ClN2O3. The molecule has 0 aliphatic rings. The molecule has 5 nitrogen and oxygen atoms in total. The third-order valence-corrected chi connectivity index (χ3v) is 3.14. The first-order valence-electron chi connectivity index (χ1n) is 6.03. The van der Waals surface area contributed by atoms with Crippen LogP contribution in [0.5, 0.6) is 0 Å². The van der Waals surface area contributed by atoms with Crippen LogP contribution in [-0.4, -0.2) is 49.3 Å². The number of hydrogen-bond acceptors (Lipinski definition) is 3. The van der Waals surface area contributed by atoms with Crippen molar-refractivity contribution in [3.8, 4) is 0 Å². The van der Waals surface area contributed by atoms with Gasteiger partial charge in [-0.3, -0.25) is 9.59 Å². The van der Waals surface area contributed by atoms with Crippen molar-refractivity contribution in [2.75, 3.05) is 27.7 Å². The molecule has 0 N–H and O–H groups in total. The molecule has 0 saturated carbocycles. The van der Waals surface area contributed by atoms with Crippen LogP contribution in [0.3, 0.4) is 0 Å². The summed E-state index contributed by atoms with van der Waals surface area (Å²) in [5.74, 6) is -0.302. The molecule has 0 fully saturated rings. The van der Waals surface area contributed by atoms with E-state index in [0.717, 1.165) is 5.39 Å². The minimum absolute atomic E-state index is 0.00361. The number of carbonyl (C=O) groups excluding carboxylic acids is 2. The van der Waals surface area contributed by atoms with Crippen LogP contribution >= 0.6 is 11.6 Å². The van der Waals surface area contributed by atoms with Gasteiger partial charge < -0.3 is 14.2 Å². The van der Waals surface area contributed by atoms with Crippen molar-refractivity contribution in [1.82, 2.24) is 9.80 Å². The minimum Gasteiger partial charge on any atom is -0.451 e. The zero-order valence-electron chi connectivity index (χ0n) is 11.5. The number of likely N-dealkylation sites (N-methyl/N-ethyl adjacent to an activating group) is 2. The molecule has 6 heteroatoms. The van der Waals surface area contributed by atoms with Crippen molar-refractivity contribution < 1.29 is 14.0 Å². The highest BCUT2D eigenvalue weighted by Crippen LogP contribution is 2.23. The van der Waals surface area contributed by atoms with Crippen molar-refractivity contribution in [2.45, 2.75) is 0 Å². The molecule has 0 aliphatic heterocycles. The maximum Gasteiger partial charge on any atom is 0.289 e. The van der Waals surface area contributed by atoms with Gasteiger partial charge in [0.15, 0.2) is 5.76 Å². The lowest BCUT2D eigenvalue weighted by atomic mass is 10.2. The normalized spacial score (nSPS) is 10.6. The van der Waals surface area contributed by atoms with Crippen LogP contribution in [0.1, 0.15) is 10.6 Å². The molecule has 0 bridgehead atoms. The van der Waals surface area contributed by atoms with Gasteiger partial charge in [0, 0.05) is 31.6 Å². The molecule has 0 aliphatic carbocycles.